The minimum absolute atomic E-state index is 0.634. The molecule has 0 aromatic heterocycles. The van der Waals surface area contributed by atoms with Gasteiger partial charge in [0.2, 0.25) is 0 Å². The fraction of sp³-hybridized carbons (Fsp3) is 0.118. The van der Waals surface area contributed by atoms with Crippen molar-refractivity contribution in [3.8, 4) is 11.1 Å². The number of aliphatic carboxylic acids is 1. The van der Waals surface area contributed by atoms with E-state index in [1.165, 1.54) is 6.08 Å². The fourth-order valence-electron chi connectivity index (χ4n) is 2.08. The Morgan fingerprint density at radius 1 is 1.15 bits per heavy atom. The van der Waals surface area contributed by atoms with Crippen LogP contribution in [0.25, 0.3) is 11.1 Å². The number of allylic oxidation sites excluding steroid dienone is 1. The molecule has 2 rings (SSSR count). The molecule has 0 amide bonds. The van der Waals surface area contributed by atoms with Crippen molar-refractivity contribution in [2.45, 2.75) is 13.3 Å². The van der Waals surface area contributed by atoms with Crippen molar-refractivity contribution < 1.29 is 9.90 Å². The highest BCUT2D eigenvalue weighted by Gasteiger charge is 2.03. The smallest absolute Gasteiger partial charge is 0.328 e. The summed E-state index contributed by atoms with van der Waals surface area (Å²) in [7, 11) is 0. The summed E-state index contributed by atoms with van der Waals surface area (Å²) in [4.78, 5) is 10.6. The van der Waals surface area contributed by atoms with E-state index in [1.54, 1.807) is 0 Å². The first-order chi connectivity index (χ1) is 9.56. The van der Waals surface area contributed by atoms with E-state index in [0.717, 1.165) is 27.3 Å². The average Bonchev–Trinajstić information content (AvgIpc) is 2.39. The van der Waals surface area contributed by atoms with Gasteiger partial charge in [-0.25, -0.2) is 4.79 Å². The Morgan fingerprint density at radius 2 is 1.80 bits per heavy atom. The first-order valence-corrected chi connectivity index (χ1v) is 6.68. The molecular weight excluding hydrogens is 272 g/mol. The summed E-state index contributed by atoms with van der Waals surface area (Å²) in [6.07, 6.45) is 1.87. The number of hydrogen-bond donors (Lipinski definition) is 1. The van der Waals surface area contributed by atoms with Gasteiger partial charge >= 0.3 is 5.97 Å². The molecule has 20 heavy (non-hydrogen) atoms. The van der Waals surface area contributed by atoms with Crippen LogP contribution >= 0.6 is 11.6 Å². The zero-order chi connectivity index (χ0) is 14.5. The Hall–Kier alpha value is -2.06. The van der Waals surface area contributed by atoms with Gasteiger partial charge in [0.25, 0.3) is 0 Å². The minimum atomic E-state index is -0.907. The standard InChI is InChI=1S/C17H15ClO2/c1-12(11-17(19)20)10-13-6-8-14(9-7-13)15-4-2-3-5-16(15)18/h2-9,11H,10H2,1H3,(H,19,20)/b12-11+. The molecule has 0 spiro atoms. The van der Waals surface area contributed by atoms with Crippen molar-refractivity contribution in [1.82, 2.24) is 0 Å². The number of carboxylic acid groups (broad SMARTS) is 1. The quantitative estimate of drug-likeness (QED) is 0.835. The molecule has 0 atom stereocenters. The third kappa shape index (κ3) is 3.72. The van der Waals surface area contributed by atoms with Crippen LogP contribution in [0.5, 0.6) is 0 Å². The van der Waals surface area contributed by atoms with Gasteiger partial charge in [-0.3, -0.25) is 0 Å². The van der Waals surface area contributed by atoms with E-state index in [0.29, 0.717) is 6.42 Å². The van der Waals surface area contributed by atoms with Gasteiger partial charge in [-0.15, -0.1) is 0 Å². The fourth-order valence-corrected chi connectivity index (χ4v) is 2.33. The summed E-state index contributed by atoms with van der Waals surface area (Å²) in [5.41, 5.74) is 3.96. The van der Waals surface area contributed by atoms with E-state index in [-0.39, 0.29) is 0 Å². The van der Waals surface area contributed by atoms with Gasteiger partial charge in [0.15, 0.2) is 0 Å². The maximum absolute atomic E-state index is 10.6. The summed E-state index contributed by atoms with van der Waals surface area (Å²) >= 11 is 6.17. The Kier molecular flexibility index (Phi) is 4.59. The van der Waals surface area contributed by atoms with Crippen molar-refractivity contribution in [1.29, 1.82) is 0 Å². The molecule has 0 heterocycles. The lowest BCUT2D eigenvalue weighted by atomic mass is 10.0. The van der Waals surface area contributed by atoms with E-state index in [2.05, 4.69) is 0 Å². The van der Waals surface area contributed by atoms with E-state index in [9.17, 15) is 4.79 Å². The second-order valence-electron chi connectivity index (χ2n) is 4.68. The first kappa shape index (κ1) is 14.4. The Balaban J connectivity index is 2.19. The van der Waals surface area contributed by atoms with Crippen molar-refractivity contribution >= 4 is 17.6 Å². The van der Waals surface area contributed by atoms with Crippen LogP contribution in [-0.4, -0.2) is 11.1 Å². The van der Waals surface area contributed by atoms with Gasteiger partial charge in [-0.1, -0.05) is 59.6 Å². The highest BCUT2D eigenvalue weighted by molar-refractivity contribution is 6.33. The van der Waals surface area contributed by atoms with Gasteiger partial charge in [0.1, 0.15) is 0 Å². The summed E-state index contributed by atoms with van der Waals surface area (Å²) in [5, 5.41) is 9.42. The van der Waals surface area contributed by atoms with Gasteiger partial charge in [0.05, 0.1) is 0 Å². The molecular formula is C17H15ClO2. The Morgan fingerprint density at radius 3 is 2.40 bits per heavy atom. The van der Waals surface area contributed by atoms with Crippen LogP contribution in [-0.2, 0) is 11.2 Å². The highest BCUT2D eigenvalue weighted by Crippen LogP contribution is 2.27. The van der Waals surface area contributed by atoms with Crippen LogP contribution in [0, 0.1) is 0 Å². The molecule has 0 saturated heterocycles. The van der Waals surface area contributed by atoms with E-state index in [4.69, 9.17) is 16.7 Å². The molecule has 2 nitrogen and oxygen atoms in total. The topological polar surface area (TPSA) is 37.3 Å². The second-order valence-corrected chi connectivity index (χ2v) is 5.09. The minimum Gasteiger partial charge on any atom is -0.478 e. The van der Waals surface area contributed by atoms with Crippen molar-refractivity contribution in [3.63, 3.8) is 0 Å². The van der Waals surface area contributed by atoms with Gasteiger partial charge in [-0.05, 0) is 30.5 Å². The van der Waals surface area contributed by atoms with E-state index in [1.807, 2.05) is 55.5 Å². The number of benzene rings is 2. The summed E-state index contributed by atoms with van der Waals surface area (Å²) in [6, 6.07) is 15.7. The molecule has 0 fully saturated rings. The average molecular weight is 287 g/mol. The molecule has 0 bridgehead atoms. The zero-order valence-electron chi connectivity index (χ0n) is 11.1. The molecule has 102 valence electrons. The largest absolute Gasteiger partial charge is 0.478 e. The van der Waals surface area contributed by atoms with E-state index < -0.39 is 5.97 Å². The number of halogens is 1. The van der Waals surface area contributed by atoms with Crippen LogP contribution < -0.4 is 0 Å². The second kappa shape index (κ2) is 6.40. The van der Waals surface area contributed by atoms with E-state index >= 15 is 0 Å². The monoisotopic (exact) mass is 286 g/mol. The SMILES string of the molecule is C/C(=C\C(=O)O)Cc1ccc(-c2ccccc2Cl)cc1. The maximum Gasteiger partial charge on any atom is 0.328 e. The number of carboxylic acids is 1. The lowest BCUT2D eigenvalue weighted by Crippen LogP contribution is -1.93. The van der Waals surface area contributed by atoms with Crippen LogP contribution in [0.4, 0.5) is 0 Å². The molecule has 0 aliphatic heterocycles. The third-order valence-electron chi connectivity index (χ3n) is 2.99. The van der Waals surface area contributed by atoms with Crippen molar-refractivity contribution in [2.75, 3.05) is 0 Å². The van der Waals surface area contributed by atoms with Gasteiger partial charge < -0.3 is 5.11 Å². The molecule has 0 aliphatic carbocycles. The lowest BCUT2D eigenvalue weighted by molar-refractivity contribution is -0.131. The van der Waals surface area contributed by atoms with Crippen LogP contribution in [0.3, 0.4) is 0 Å². The van der Waals surface area contributed by atoms with Crippen LogP contribution in [0.15, 0.2) is 60.2 Å². The van der Waals surface area contributed by atoms with Crippen LogP contribution in [0.1, 0.15) is 12.5 Å². The number of rotatable bonds is 4. The van der Waals surface area contributed by atoms with Crippen LogP contribution in [0.2, 0.25) is 5.02 Å². The zero-order valence-corrected chi connectivity index (χ0v) is 11.9. The Bertz CT molecular complexity index is 642. The predicted molar refractivity (Wildman–Crippen MR) is 82.0 cm³/mol. The molecule has 0 aliphatic rings. The van der Waals surface area contributed by atoms with Gasteiger partial charge in [0, 0.05) is 16.7 Å². The molecule has 0 saturated carbocycles. The Labute approximate surface area is 123 Å². The molecule has 2 aromatic rings. The summed E-state index contributed by atoms with van der Waals surface area (Å²) in [6.45, 7) is 1.82. The third-order valence-corrected chi connectivity index (χ3v) is 3.32. The van der Waals surface area contributed by atoms with Crippen molar-refractivity contribution in [2.24, 2.45) is 0 Å². The number of hydrogen-bond acceptors (Lipinski definition) is 1. The lowest BCUT2D eigenvalue weighted by Gasteiger charge is -2.06. The molecule has 3 heteroatoms. The molecule has 0 radical (unpaired) electrons. The first-order valence-electron chi connectivity index (χ1n) is 6.30. The molecule has 0 unspecified atom stereocenters. The predicted octanol–water partition coefficient (Wildman–Crippen LogP) is 4.58. The molecule has 2 aromatic carbocycles. The number of carbonyl (C=O) groups is 1. The maximum atomic E-state index is 10.6. The summed E-state index contributed by atoms with van der Waals surface area (Å²) in [5.74, 6) is -0.907. The normalized spacial score (nSPS) is 11.4. The van der Waals surface area contributed by atoms with Crippen molar-refractivity contribution in [3.05, 3.63) is 70.8 Å². The van der Waals surface area contributed by atoms with Gasteiger partial charge in [-0.2, -0.15) is 0 Å². The summed E-state index contributed by atoms with van der Waals surface area (Å²) < 4.78 is 0. The molecule has 1 N–H and O–H groups in total. The highest BCUT2D eigenvalue weighted by atomic mass is 35.5.